The molecular formula is C17H22N4O2S. The average molecular weight is 346 g/mol. The molecule has 0 aliphatic rings. The van der Waals surface area contributed by atoms with E-state index < -0.39 is 6.03 Å². The normalized spacial score (nSPS) is 11.2. The molecule has 0 fully saturated rings. The van der Waals surface area contributed by atoms with E-state index in [0.29, 0.717) is 17.1 Å². The predicted molar refractivity (Wildman–Crippen MR) is 96.4 cm³/mol. The molecule has 0 saturated heterocycles. The van der Waals surface area contributed by atoms with Crippen molar-refractivity contribution in [2.45, 2.75) is 39.7 Å². The monoisotopic (exact) mass is 346 g/mol. The fourth-order valence-corrected chi connectivity index (χ4v) is 3.13. The minimum atomic E-state index is -0.619. The maximum absolute atomic E-state index is 12.4. The van der Waals surface area contributed by atoms with Gasteiger partial charge in [-0.2, -0.15) is 0 Å². The van der Waals surface area contributed by atoms with Crippen molar-refractivity contribution < 1.29 is 9.59 Å². The van der Waals surface area contributed by atoms with Gasteiger partial charge in [0.25, 0.3) is 5.91 Å². The summed E-state index contributed by atoms with van der Waals surface area (Å²) in [6.07, 6.45) is 0. The number of rotatable bonds is 4. The van der Waals surface area contributed by atoms with E-state index in [-0.39, 0.29) is 11.3 Å². The van der Waals surface area contributed by atoms with E-state index in [1.54, 1.807) is 18.2 Å². The van der Waals surface area contributed by atoms with Crippen LogP contribution in [-0.4, -0.2) is 16.9 Å². The largest absolute Gasteiger partial charge is 0.351 e. The molecule has 2 aromatic rings. The number of nitrogens with zero attached hydrogens (tertiary/aromatic N) is 1. The number of nitrogens with two attached hydrogens (primary N) is 1. The molecule has 0 unspecified atom stereocenters. The zero-order valence-electron chi connectivity index (χ0n) is 14.3. The Morgan fingerprint density at radius 3 is 2.58 bits per heavy atom. The third-order valence-corrected chi connectivity index (χ3v) is 4.87. The summed E-state index contributed by atoms with van der Waals surface area (Å²) in [5.74, 6) is -0.145. The lowest BCUT2D eigenvalue weighted by atomic mass is 9.98. The van der Waals surface area contributed by atoms with Gasteiger partial charge in [-0.1, -0.05) is 32.9 Å². The molecule has 0 aliphatic heterocycles. The van der Waals surface area contributed by atoms with Crippen molar-refractivity contribution in [3.8, 4) is 0 Å². The number of primary amides is 1. The van der Waals surface area contributed by atoms with Crippen LogP contribution in [0.2, 0.25) is 0 Å². The first-order valence-electron chi connectivity index (χ1n) is 7.58. The van der Waals surface area contributed by atoms with Crippen LogP contribution in [0.3, 0.4) is 0 Å². The third-order valence-electron chi connectivity index (χ3n) is 3.29. The van der Waals surface area contributed by atoms with Crippen LogP contribution in [0.15, 0.2) is 24.3 Å². The summed E-state index contributed by atoms with van der Waals surface area (Å²) in [7, 11) is 0. The molecule has 1 aromatic carbocycles. The fourth-order valence-electron chi connectivity index (χ4n) is 2.09. The Balaban J connectivity index is 2.06. The average Bonchev–Trinajstić information content (AvgIpc) is 2.87. The van der Waals surface area contributed by atoms with Crippen LogP contribution in [0, 0.1) is 6.92 Å². The van der Waals surface area contributed by atoms with E-state index in [4.69, 9.17) is 5.73 Å². The van der Waals surface area contributed by atoms with Gasteiger partial charge >= 0.3 is 6.03 Å². The van der Waals surface area contributed by atoms with Gasteiger partial charge in [0.2, 0.25) is 0 Å². The summed E-state index contributed by atoms with van der Waals surface area (Å²) < 4.78 is 0. The van der Waals surface area contributed by atoms with Crippen molar-refractivity contribution in [1.29, 1.82) is 0 Å². The highest BCUT2D eigenvalue weighted by atomic mass is 32.1. The molecule has 0 saturated carbocycles. The summed E-state index contributed by atoms with van der Waals surface area (Å²) in [5.41, 5.74) is 7.23. The van der Waals surface area contributed by atoms with E-state index >= 15 is 0 Å². The number of carbonyl (C=O) groups excluding carboxylic acids is 2. The molecule has 0 aliphatic carbocycles. The molecule has 0 spiro atoms. The first-order valence-corrected chi connectivity index (χ1v) is 8.40. The Morgan fingerprint density at radius 2 is 2.00 bits per heavy atom. The lowest BCUT2D eigenvalue weighted by molar-refractivity contribution is 0.0954. The van der Waals surface area contributed by atoms with Gasteiger partial charge < -0.3 is 16.4 Å². The number of aromatic nitrogens is 1. The zero-order valence-corrected chi connectivity index (χ0v) is 15.1. The van der Waals surface area contributed by atoms with E-state index in [1.165, 1.54) is 11.3 Å². The molecule has 1 heterocycles. The molecule has 6 nitrogen and oxygen atoms in total. The number of anilines is 1. The Labute approximate surface area is 145 Å². The molecular weight excluding hydrogens is 324 g/mol. The first kappa shape index (κ1) is 17.9. The van der Waals surface area contributed by atoms with Crippen molar-refractivity contribution in [3.63, 3.8) is 0 Å². The van der Waals surface area contributed by atoms with Crippen LogP contribution in [0.5, 0.6) is 0 Å². The number of aryl methyl sites for hydroxylation is 1. The standard InChI is InChI=1S/C17H22N4O2S/c1-10-13(24-15(20-10)17(2,3)4)14(22)19-9-11-6-5-7-12(8-11)21-16(18)23/h5-8H,9H2,1-4H3,(H,19,22)(H3,18,21,23). The molecule has 3 amide bonds. The SMILES string of the molecule is Cc1nc(C(C)(C)C)sc1C(=O)NCc1cccc(NC(N)=O)c1. The molecule has 24 heavy (non-hydrogen) atoms. The summed E-state index contributed by atoms with van der Waals surface area (Å²) in [6, 6.07) is 6.55. The Hall–Kier alpha value is -2.41. The molecule has 0 bridgehead atoms. The quantitative estimate of drug-likeness (QED) is 0.793. The maximum atomic E-state index is 12.4. The predicted octanol–water partition coefficient (Wildman–Crippen LogP) is 3.17. The lowest BCUT2D eigenvalue weighted by Crippen LogP contribution is -2.23. The number of carbonyl (C=O) groups is 2. The van der Waals surface area contributed by atoms with Gasteiger partial charge in [-0.25, -0.2) is 9.78 Å². The highest BCUT2D eigenvalue weighted by molar-refractivity contribution is 7.14. The minimum Gasteiger partial charge on any atom is -0.351 e. The third kappa shape index (κ3) is 4.55. The Bertz CT molecular complexity index is 762. The van der Waals surface area contributed by atoms with Crippen LogP contribution in [0.1, 0.15) is 46.7 Å². The molecule has 4 N–H and O–H groups in total. The van der Waals surface area contributed by atoms with Crippen molar-refractivity contribution >= 4 is 29.0 Å². The molecule has 0 radical (unpaired) electrons. The summed E-state index contributed by atoms with van der Waals surface area (Å²) in [6.45, 7) is 8.42. The number of urea groups is 1. The van der Waals surface area contributed by atoms with Crippen LogP contribution in [-0.2, 0) is 12.0 Å². The van der Waals surface area contributed by atoms with Crippen molar-refractivity contribution in [2.75, 3.05) is 5.32 Å². The summed E-state index contributed by atoms with van der Waals surface area (Å²) in [4.78, 5) is 28.4. The van der Waals surface area contributed by atoms with Gasteiger partial charge in [0.1, 0.15) is 4.88 Å². The summed E-state index contributed by atoms with van der Waals surface area (Å²) >= 11 is 1.42. The van der Waals surface area contributed by atoms with Gasteiger partial charge in [0, 0.05) is 17.6 Å². The second-order valence-electron chi connectivity index (χ2n) is 6.56. The minimum absolute atomic E-state index is 0.0806. The second-order valence-corrected chi connectivity index (χ2v) is 7.55. The zero-order chi connectivity index (χ0) is 17.9. The van der Waals surface area contributed by atoms with Gasteiger partial charge in [-0.05, 0) is 24.6 Å². The van der Waals surface area contributed by atoms with Gasteiger partial charge in [-0.3, -0.25) is 4.79 Å². The van der Waals surface area contributed by atoms with Crippen LogP contribution < -0.4 is 16.4 Å². The molecule has 1 aromatic heterocycles. The highest BCUT2D eigenvalue weighted by Crippen LogP contribution is 2.29. The van der Waals surface area contributed by atoms with Crippen LogP contribution >= 0.6 is 11.3 Å². The number of nitrogens with one attached hydrogen (secondary N) is 2. The van der Waals surface area contributed by atoms with Crippen molar-refractivity contribution in [3.05, 3.63) is 45.4 Å². The molecule has 2 rings (SSSR count). The number of amides is 3. The molecule has 128 valence electrons. The number of benzene rings is 1. The molecule has 0 atom stereocenters. The number of hydrogen-bond acceptors (Lipinski definition) is 4. The van der Waals surface area contributed by atoms with E-state index in [0.717, 1.165) is 16.3 Å². The van der Waals surface area contributed by atoms with Crippen molar-refractivity contribution in [1.82, 2.24) is 10.3 Å². The number of hydrogen-bond donors (Lipinski definition) is 3. The van der Waals surface area contributed by atoms with Crippen LogP contribution in [0.25, 0.3) is 0 Å². The Morgan fingerprint density at radius 1 is 1.29 bits per heavy atom. The highest BCUT2D eigenvalue weighted by Gasteiger charge is 2.22. The second kappa shape index (κ2) is 7.00. The molecule has 7 heteroatoms. The van der Waals surface area contributed by atoms with E-state index in [2.05, 4.69) is 36.4 Å². The van der Waals surface area contributed by atoms with E-state index in [9.17, 15) is 9.59 Å². The maximum Gasteiger partial charge on any atom is 0.316 e. The summed E-state index contributed by atoms with van der Waals surface area (Å²) in [5, 5.41) is 6.34. The number of thiazole rings is 1. The smallest absolute Gasteiger partial charge is 0.316 e. The first-order chi connectivity index (χ1) is 11.2. The van der Waals surface area contributed by atoms with Gasteiger partial charge in [0.15, 0.2) is 0 Å². The van der Waals surface area contributed by atoms with E-state index in [1.807, 2.05) is 13.0 Å². The van der Waals surface area contributed by atoms with Gasteiger partial charge in [-0.15, -0.1) is 11.3 Å². The fraction of sp³-hybridized carbons (Fsp3) is 0.353. The van der Waals surface area contributed by atoms with Gasteiger partial charge in [0.05, 0.1) is 10.7 Å². The van der Waals surface area contributed by atoms with Crippen LogP contribution in [0.4, 0.5) is 10.5 Å². The topological polar surface area (TPSA) is 97.1 Å². The Kier molecular flexibility index (Phi) is 5.23. The lowest BCUT2D eigenvalue weighted by Gasteiger charge is -2.13. The van der Waals surface area contributed by atoms with Crippen molar-refractivity contribution in [2.24, 2.45) is 5.73 Å².